The Hall–Kier alpha value is -2.20. The minimum absolute atomic E-state index is 0.0766. The molecule has 1 amide bonds. The van der Waals surface area contributed by atoms with Gasteiger partial charge in [0.1, 0.15) is 0 Å². The van der Waals surface area contributed by atoms with Gasteiger partial charge in [-0.15, -0.1) is 0 Å². The van der Waals surface area contributed by atoms with Crippen molar-refractivity contribution in [3.05, 3.63) is 66.0 Å². The maximum absolute atomic E-state index is 12.1. The number of hydrogen-bond acceptors (Lipinski definition) is 3. The zero-order valence-corrected chi connectivity index (χ0v) is 11.5. The Morgan fingerprint density at radius 3 is 2.50 bits per heavy atom. The molecule has 20 heavy (non-hydrogen) atoms. The van der Waals surface area contributed by atoms with Crippen LogP contribution in [0.3, 0.4) is 0 Å². The molecule has 0 bridgehead atoms. The summed E-state index contributed by atoms with van der Waals surface area (Å²) in [5.74, 6) is -0.141. The van der Waals surface area contributed by atoms with E-state index in [1.165, 1.54) is 0 Å². The summed E-state index contributed by atoms with van der Waals surface area (Å²) in [6.07, 6.45) is 3.96. The van der Waals surface area contributed by atoms with Gasteiger partial charge in [0.15, 0.2) is 0 Å². The van der Waals surface area contributed by atoms with Gasteiger partial charge in [-0.05, 0) is 36.6 Å². The van der Waals surface area contributed by atoms with Crippen molar-refractivity contribution in [2.75, 3.05) is 0 Å². The van der Waals surface area contributed by atoms with Crippen LogP contribution in [0.2, 0.25) is 0 Å². The summed E-state index contributed by atoms with van der Waals surface area (Å²) in [5.41, 5.74) is 8.03. The van der Waals surface area contributed by atoms with E-state index in [1.54, 1.807) is 12.4 Å². The number of benzene rings is 1. The molecule has 0 unspecified atom stereocenters. The number of amides is 1. The molecule has 4 nitrogen and oxygen atoms in total. The SMILES string of the molecule is C[C@H](NC(=O)[C@H](N)Cc1ccccc1)c1ccncc1. The van der Waals surface area contributed by atoms with Crippen molar-refractivity contribution in [2.24, 2.45) is 5.73 Å². The lowest BCUT2D eigenvalue weighted by Gasteiger charge is -2.17. The summed E-state index contributed by atoms with van der Waals surface area (Å²) in [7, 11) is 0. The Bertz CT molecular complexity index is 542. The van der Waals surface area contributed by atoms with E-state index in [0.29, 0.717) is 6.42 Å². The normalized spacial score (nSPS) is 13.5. The Balaban J connectivity index is 1.91. The summed E-state index contributed by atoms with van der Waals surface area (Å²) >= 11 is 0. The zero-order chi connectivity index (χ0) is 14.4. The molecule has 0 radical (unpaired) electrons. The minimum Gasteiger partial charge on any atom is -0.348 e. The van der Waals surface area contributed by atoms with Gasteiger partial charge >= 0.3 is 0 Å². The topological polar surface area (TPSA) is 68.0 Å². The molecule has 2 aromatic rings. The summed E-state index contributed by atoms with van der Waals surface area (Å²) in [6.45, 7) is 1.93. The van der Waals surface area contributed by atoms with E-state index >= 15 is 0 Å². The molecule has 1 heterocycles. The predicted octanol–water partition coefficient (Wildman–Crippen LogP) is 1.83. The van der Waals surface area contributed by atoms with Gasteiger partial charge in [0.05, 0.1) is 12.1 Å². The first-order valence-corrected chi connectivity index (χ1v) is 6.66. The highest BCUT2D eigenvalue weighted by atomic mass is 16.2. The van der Waals surface area contributed by atoms with Crippen molar-refractivity contribution < 1.29 is 4.79 Å². The smallest absolute Gasteiger partial charge is 0.237 e. The average Bonchev–Trinajstić information content (AvgIpc) is 2.49. The van der Waals surface area contributed by atoms with Gasteiger partial charge in [0, 0.05) is 12.4 Å². The highest BCUT2D eigenvalue weighted by Crippen LogP contribution is 2.10. The highest BCUT2D eigenvalue weighted by Gasteiger charge is 2.16. The lowest BCUT2D eigenvalue weighted by Crippen LogP contribution is -2.42. The average molecular weight is 269 g/mol. The van der Waals surface area contributed by atoms with Crippen LogP contribution in [0.4, 0.5) is 0 Å². The van der Waals surface area contributed by atoms with Crippen LogP contribution in [0.1, 0.15) is 24.1 Å². The van der Waals surface area contributed by atoms with Crippen LogP contribution in [-0.4, -0.2) is 16.9 Å². The van der Waals surface area contributed by atoms with E-state index in [4.69, 9.17) is 5.73 Å². The Kier molecular flexibility index (Phi) is 4.85. The van der Waals surface area contributed by atoms with Gasteiger partial charge in [0.2, 0.25) is 5.91 Å². The largest absolute Gasteiger partial charge is 0.348 e. The van der Waals surface area contributed by atoms with Gasteiger partial charge < -0.3 is 11.1 Å². The van der Waals surface area contributed by atoms with E-state index in [9.17, 15) is 4.79 Å². The Labute approximate surface area is 119 Å². The van der Waals surface area contributed by atoms with Crippen molar-refractivity contribution in [1.29, 1.82) is 0 Å². The maximum atomic E-state index is 12.1. The fourth-order valence-electron chi connectivity index (χ4n) is 2.02. The van der Waals surface area contributed by atoms with Crippen molar-refractivity contribution >= 4 is 5.91 Å². The van der Waals surface area contributed by atoms with Crippen LogP contribution < -0.4 is 11.1 Å². The molecular weight excluding hydrogens is 250 g/mol. The van der Waals surface area contributed by atoms with Gasteiger partial charge in [0.25, 0.3) is 0 Å². The van der Waals surface area contributed by atoms with Crippen molar-refractivity contribution in [1.82, 2.24) is 10.3 Å². The molecule has 104 valence electrons. The number of nitrogens with zero attached hydrogens (tertiary/aromatic N) is 1. The molecule has 0 fully saturated rings. The number of nitrogens with two attached hydrogens (primary N) is 1. The number of hydrogen-bond donors (Lipinski definition) is 2. The van der Waals surface area contributed by atoms with Gasteiger partial charge in [-0.25, -0.2) is 0 Å². The molecule has 2 atom stereocenters. The second-order valence-corrected chi connectivity index (χ2v) is 4.81. The molecule has 0 aliphatic rings. The van der Waals surface area contributed by atoms with Crippen LogP contribution in [0.25, 0.3) is 0 Å². The molecule has 0 saturated carbocycles. The molecule has 4 heteroatoms. The van der Waals surface area contributed by atoms with Gasteiger partial charge in [-0.1, -0.05) is 30.3 Å². The fraction of sp³-hybridized carbons (Fsp3) is 0.250. The molecule has 0 aliphatic carbocycles. The van der Waals surface area contributed by atoms with Crippen LogP contribution in [-0.2, 0) is 11.2 Å². The van der Waals surface area contributed by atoms with E-state index in [1.807, 2.05) is 49.4 Å². The maximum Gasteiger partial charge on any atom is 0.237 e. The third kappa shape index (κ3) is 3.90. The highest BCUT2D eigenvalue weighted by molar-refractivity contribution is 5.82. The molecule has 1 aromatic heterocycles. The van der Waals surface area contributed by atoms with E-state index in [-0.39, 0.29) is 11.9 Å². The lowest BCUT2D eigenvalue weighted by molar-refractivity contribution is -0.123. The Morgan fingerprint density at radius 2 is 1.85 bits per heavy atom. The predicted molar refractivity (Wildman–Crippen MR) is 78.9 cm³/mol. The first-order valence-electron chi connectivity index (χ1n) is 6.66. The number of aromatic nitrogens is 1. The van der Waals surface area contributed by atoms with Crippen LogP contribution in [0, 0.1) is 0 Å². The second kappa shape index (κ2) is 6.82. The number of pyridine rings is 1. The molecule has 2 rings (SSSR count). The van der Waals surface area contributed by atoms with E-state index in [0.717, 1.165) is 11.1 Å². The van der Waals surface area contributed by atoms with Crippen molar-refractivity contribution in [2.45, 2.75) is 25.4 Å². The first kappa shape index (κ1) is 14.2. The standard InChI is InChI=1S/C16H19N3O/c1-12(14-7-9-18-10-8-14)19-16(20)15(17)11-13-5-3-2-4-6-13/h2-10,12,15H,11,17H2,1H3,(H,19,20)/t12-,15+/m0/s1. The van der Waals surface area contributed by atoms with E-state index in [2.05, 4.69) is 10.3 Å². The second-order valence-electron chi connectivity index (χ2n) is 4.81. The number of rotatable bonds is 5. The third-order valence-corrected chi connectivity index (χ3v) is 3.20. The van der Waals surface area contributed by atoms with Crippen molar-refractivity contribution in [3.63, 3.8) is 0 Å². The van der Waals surface area contributed by atoms with Gasteiger partial charge in [-0.2, -0.15) is 0 Å². The summed E-state index contributed by atoms with van der Waals surface area (Å²) in [5, 5.41) is 2.92. The molecule has 0 saturated heterocycles. The lowest BCUT2D eigenvalue weighted by atomic mass is 10.0. The van der Waals surface area contributed by atoms with Gasteiger partial charge in [-0.3, -0.25) is 9.78 Å². The summed E-state index contributed by atoms with van der Waals surface area (Å²) < 4.78 is 0. The molecule has 3 N–H and O–H groups in total. The molecule has 0 spiro atoms. The number of nitrogens with one attached hydrogen (secondary N) is 1. The summed E-state index contributed by atoms with van der Waals surface area (Å²) in [4.78, 5) is 16.0. The van der Waals surface area contributed by atoms with E-state index < -0.39 is 6.04 Å². The zero-order valence-electron chi connectivity index (χ0n) is 11.5. The molecule has 0 aliphatic heterocycles. The monoisotopic (exact) mass is 269 g/mol. The molecule has 1 aromatic carbocycles. The Morgan fingerprint density at radius 1 is 1.20 bits per heavy atom. The summed E-state index contributed by atoms with van der Waals surface area (Å²) in [6, 6.07) is 12.9. The van der Waals surface area contributed by atoms with Crippen molar-refractivity contribution in [3.8, 4) is 0 Å². The number of carbonyl (C=O) groups is 1. The molecular formula is C16H19N3O. The van der Waals surface area contributed by atoms with Crippen LogP contribution in [0.15, 0.2) is 54.9 Å². The third-order valence-electron chi connectivity index (χ3n) is 3.20. The van der Waals surface area contributed by atoms with Crippen LogP contribution in [0.5, 0.6) is 0 Å². The first-order chi connectivity index (χ1) is 9.66. The quantitative estimate of drug-likeness (QED) is 0.870. The number of carbonyl (C=O) groups excluding carboxylic acids is 1. The minimum atomic E-state index is -0.540. The fourth-order valence-corrected chi connectivity index (χ4v) is 2.02. The van der Waals surface area contributed by atoms with Crippen LogP contribution >= 0.6 is 0 Å².